The van der Waals surface area contributed by atoms with E-state index in [1.165, 1.54) is 14.2 Å². The summed E-state index contributed by atoms with van der Waals surface area (Å²) in [6.45, 7) is 4.12. The second-order valence-corrected chi connectivity index (χ2v) is 4.80. The highest BCUT2D eigenvalue weighted by Gasteiger charge is 2.36. The molecule has 104 valence electrons. The number of carbonyl (C=O) groups excluding carboxylic acids is 1. The molecule has 1 aromatic rings. The summed E-state index contributed by atoms with van der Waals surface area (Å²) in [7, 11) is 4.62. The molecule has 1 heterocycles. The lowest BCUT2D eigenvalue weighted by Crippen LogP contribution is -2.22. The van der Waals surface area contributed by atoms with Gasteiger partial charge < -0.3 is 19.5 Å². The van der Waals surface area contributed by atoms with E-state index < -0.39 is 0 Å². The number of hydrogen-bond acceptors (Lipinski definition) is 4. The molecule has 0 bridgehead atoms. The molecule has 1 N–H and O–H groups in total. The molecule has 0 fully saturated rings. The molecular formula is C14H19NO4. The molecule has 1 amide bonds. The van der Waals surface area contributed by atoms with Crippen LogP contribution in [0.1, 0.15) is 35.8 Å². The van der Waals surface area contributed by atoms with Crippen LogP contribution in [-0.2, 0) is 0 Å². The predicted octanol–water partition coefficient (Wildman–Crippen LogP) is 2.15. The fourth-order valence-electron chi connectivity index (χ4n) is 2.47. The Morgan fingerprint density at radius 3 is 2.21 bits per heavy atom. The fraction of sp³-hybridized carbons (Fsp3) is 0.500. The third-order valence-electron chi connectivity index (χ3n) is 3.38. The third-order valence-corrected chi connectivity index (χ3v) is 3.38. The van der Waals surface area contributed by atoms with E-state index in [9.17, 15) is 4.79 Å². The van der Waals surface area contributed by atoms with Crippen LogP contribution < -0.4 is 19.5 Å². The summed E-state index contributed by atoms with van der Waals surface area (Å²) in [5, 5.41) is 2.97. The molecule has 0 radical (unpaired) electrons. The second kappa shape index (κ2) is 4.99. The van der Waals surface area contributed by atoms with Gasteiger partial charge in [0.25, 0.3) is 5.91 Å². The average Bonchev–Trinajstić information content (AvgIpc) is 2.73. The number of nitrogens with one attached hydrogen (secondary N) is 1. The highest BCUT2D eigenvalue weighted by molar-refractivity contribution is 6.03. The molecular weight excluding hydrogens is 246 g/mol. The number of hydrogen-bond donors (Lipinski definition) is 1. The maximum absolute atomic E-state index is 12.1. The van der Waals surface area contributed by atoms with Crippen molar-refractivity contribution >= 4 is 5.91 Å². The largest absolute Gasteiger partial charge is 0.493 e. The number of carbonyl (C=O) groups is 1. The minimum absolute atomic E-state index is 0.0313. The molecule has 19 heavy (non-hydrogen) atoms. The van der Waals surface area contributed by atoms with Gasteiger partial charge in [-0.3, -0.25) is 4.79 Å². The molecule has 5 heteroatoms. The summed E-state index contributed by atoms with van der Waals surface area (Å²) in [5.74, 6) is 1.60. The highest BCUT2D eigenvalue weighted by atomic mass is 16.5. The SMILES string of the molecule is COc1cc2c(c(OC)c1OC)C(=O)N[C@H]2C(C)C. The number of fused-ring (bicyclic) bond motifs is 1. The number of ether oxygens (including phenoxy) is 3. The van der Waals surface area contributed by atoms with E-state index in [4.69, 9.17) is 14.2 Å². The summed E-state index contributed by atoms with van der Waals surface area (Å²) in [4.78, 5) is 12.1. The van der Waals surface area contributed by atoms with E-state index in [0.29, 0.717) is 22.8 Å². The molecule has 0 spiro atoms. The zero-order valence-electron chi connectivity index (χ0n) is 11.9. The van der Waals surface area contributed by atoms with Gasteiger partial charge in [-0.05, 0) is 17.5 Å². The normalized spacial score (nSPS) is 17.2. The van der Waals surface area contributed by atoms with Gasteiger partial charge in [0.05, 0.1) is 32.9 Å². The van der Waals surface area contributed by atoms with E-state index in [0.717, 1.165) is 5.56 Å². The molecule has 1 atom stereocenters. The van der Waals surface area contributed by atoms with Crippen molar-refractivity contribution in [3.05, 3.63) is 17.2 Å². The lowest BCUT2D eigenvalue weighted by molar-refractivity contribution is 0.0946. The topological polar surface area (TPSA) is 56.8 Å². The van der Waals surface area contributed by atoms with Gasteiger partial charge in [0, 0.05) is 0 Å². The van der Waals surface area contributed by atoms with Crippen LogP contribution in [0.5, 0.6) is 17.2 Å². The Kier molecular flexibility index (Phi) is 3.55. The van der Waals surface area contributed by atoms with E-state index >= 15 is 0 Å². The van der Waals surface area contributed by atoms with E-state index in [1.54, 1.807) is 7.11 Å². The molecule has 2 rings (SSSR count). The third kappa shape index (κ3) is 1.99. The van der Waals surface area contributed by atoms with Gasteiger partial charge >= 0.3 is 0 Å². The van der Waals surface area contributed by atoms with Crippen molar-refractivity contribution in [3.63, 3.8) is 0 Å². The molecule has 5 nitrogen and oxygen atoms in total. The zero-order valence-corrected chi connectivity index (χ0v) is 11.9. The lowest BCUT2D eigenvalue weighted by atomic mass is 9.95. The Morgan fingerprint density at radius 1 is 1.11 bits per heavy atom. The van der Waals surface area contributed by atoms with Gasteiger partial charge in [0.1, 0.15) is 0 Å². The van der Waals surface area contributed by atoms with Crippen LogP contribution >= 0.6 is 0 Å². The number of rotatable bonds is 4. The molecule has 0 saturated carbocycles. The fourth-order valence-corrected chi connectivity index (χ4v) is 2.47. The first-order valence-electron chi connectivity index (χ1n) is 6.18. The van der Waals surface area contributed by atoms with Crippen molar-refractivity contribution in [3.8, 4) is 17.2 Å². The Hall–Kier alpha value is -1.91. The summed E-state index contributed by atoms with van der Waals surface area (Å²) < 4.78 is 16.0. The summed E-state index contributed by atoms with van der Waals surface area (Å²) in [6.07, 6.45) is 0. The molecule has 1 aliphatic heterocycles. The summed E-state index contributed by atoms with van der Waals surface area (Å²) >= 11 is 0. The first-order chi connectivity index (χ1) is 9.04. The summed E-state index contributed by atoms with van der Waals surface area (Å²) in [5.41, 5.74) is 1.44. The van der Waals surface area contributed by atoms with Crippen LogP contribution in [0.15, 0.2) is 6.07 Å². The molecule has 0 saturated heterocycles. The standard InChI is InChI=1S/C14H19NO4/c1-7(2)11-8-6-9(17-3)12(18-4)13(19-5)10(8)14(16)15-11/h6-7,11H,1-5H3,(H,15,16)/t11-/m0/s1. The Morgan fingerprint density at radius 2 is 1.74 bits per heavy atom. The summed E-state index contributed by atoms with van der Waals surface area (Å²) in [6, 6.07) is 1.82. The average molecular weight is 265 g/mol. The first kappa shape index (κ1) is 13.5. The second-order valence-electron chi connectivity index (χ2n) is 4.80. The van der Waals surface area contributed by atoms with Crippen molar-refractivity contribution in [1.82, 2.24) is 5.32 Å². The highest BCUT2D eigenvalue weighted by Crippen LogP contribution is 2.46. The smallest absolute Gasteiger partial charge is 0.256 e. The first-order valence-corrected chi connectivity index (χ1v) is 6.18. The Bertz CT molecular complexity index is 511. The van der Waals surface area contributed by atoms with E-state index in [-0.39, 0.29) is 17.9 Å². The molecule has 0 unspecified atom stereocenters. The number of benzene rings is 1. The Balaban J connectivity index is 2.70. The van der Waals surface area contributed by atoms with Crippen LogP contribution in [0.4, 0.5) is 0 Å². The molecule has 0 aromatic heterocycles. The van der Waals surface area contributed by atoms with Gasteiger partial charge in [-0.15, -0.1) is 0 Å². The van der Waals surface area contributed by atoms with Crippen LogP contribution in [0.3, 0.4) is 0 Å². The van der Waals surface area contributed by atoms with Crippen LogP contribution in [-0.4, -0.2) is 27.2 Å². The zero-order chi connectivity index (χ0) is 14.2. The van der Waals surface area contributed by atoms with Crippen molar-refractivity contribution in [2.45, 2.75) is 19.9 Å². The molecule has 1 aliphatic rings. The van der Waals surface area contributed by atoms with Crippen molar-refractivity contribution in [2.24, 2.45) is 5.92 Å². The monoisotopic (exact) mass is 265 g/mol. The van der Waals surface area contributed by atoms with Crippen molar-refractivity contribution < 1.29 is 19.0 Å². The Labute approximate surface area is 112 Å². The maximum Gasteiger partial charge on any atom is 0.256 e. The van der Waals surface area contributed by atoms with Crippen LogP contribution in [0.2, 0.25) is 0 Å². The van der Waals surface area contributed by atoms with Gasteiger partial charge in [-0.2, -0.15) is 0 Å². The predicted molar refractivity (Wildman–Crippen MR) is 71.1 cm³/mol. The minimum Gasteiger partial charge on any atom is -0.493 e. The van der Waals surface area contributed by atoms with E-state index in [2.05, 4.69) is 19.2 Å². The van der Waals surface area contributed by atoms with Crippen LogP contribution in [0, 0.1) is 5.92 Å². The van der Waals surface area contributed by atoms with Gasteiger partial charge in [-0.25, -0.2) is 0 Å². The number of methoxy groups -OCH3 is 3. The molecule has 1 aromatic carbocycles. The van der Waals surface area contributed by atoms with Gasteiger partial charge in [0.2, 0.25) is 5.75 Å². The van der Waals surface area contributed by atoms with Crippen LogP contribution in [0.25, 0.3) is 0 Å². The van der Waals surface area contributed by atoms with E-state index in [1.807, 2.05) is 6.07 Å². The van der Waals surface area contributed by atoms with Gasteiger partial charge in [-0.1, -0.05) is 13.8 Å². The maximum atomic E-state index is 12.1. The number of amides is 1. The van der Waals surface area contributed by atoms with Crippen molar-refractivity contribution in [2.75, 3.05) is 21.3 Å². The quantitative estimate of drug-likeness (QED) is 0.906. The lowest BCUT2D eigenvalue weighted by Gasteiger charge is -2.18. The molecule has 0 aliphatic carbocycles. The minimum atomic E-state index is -0.133. The van der Waals surface area contributed by atoms with Gasteiger partial charge in [0.15, 0.2) is 11.5 Å². The van der Waals surface area contributed by atoms with Crippen molar-refractivity contribution in [1.29, 1.82) is 0 Å².